The number of methoxy groups -OCH3 is 1. The number of carbonyl (C=O) groups excluding carboxylic acids is 1. The first kappa shape index (κ1) is 21.5. The number of hydrogen-bond donors (Lipinski definition) is 2. The Morgan fingerprint density at radius 3 is 2.70 bits per heavy atom. The molecule has 1 amide bonds. The number of amides is 1. The summed E-state index contributed by atoms with van der Waals surface area (Å²) in [4.78, 5) is 23.2. The van der Waals surface area contributed by atoms with E-state index in [1.54, 1.807) is 18.3 Å². The Morgan fingerprint density at radius 1 is 1.18 bits per heavy atom. The van der Waals surface area contributed by atoms with Crippen LogP contribution >= 0.6 is 0 Å². The summed E-state index contributed by atoms with van der Waals surface area (Å²) in [7, 11) is 1.70. The summed E-state index contributed by atoms with van der Waals surface area (Å²) in [6.45, 7) is 8.13. The van der Waals surface area contributed by atoms with Gasteiger partial charge in [-0.15, -0.1) is 0 Å². The zero-order valence-corrected chi connectivity index (χ0v) is 19.4. The molecule has 8 heteroatoms. The van der Waals surface area contributed by atoms with Crippen molar-refractivity contribution in [2.45, 2.75) is 38.7 Å². The number of nitrogens with zero attached hydrogens (tertiary/aromatic N) is 3. The lowest BCUT2D eigenvalue weighted by atomic mass is 9.91. The fraction of sp³-hybridized carbons (Fsp3) is 0.400. The third kappa shape index (κ3) is 4.18. The predicted molar refractivity (Wildman–Crippen MR) is 129 cm³/mol. The van der Waals surface area contributed by atoms with E-state index in [2.05, 4.69) is 32.7 Å². The highest BCUT2D eigenvalue weighted by Gasteiger charge is 2.29. The number of benzene rings is 2. The van der Waals surface area contributed by atoms with Crippen molar-refractivity contribution in [2.75, 3.05) is 37.0 Å². The van der Waals surface area contributed by atoms with Gasteiger partial charge in [0, 0.05) is 48.3 Å². The van der Waals surface area contributed by atoms with E-state index in [9.17, 15) is 4.79 Å². The second-order valence-electron chi connectivity index (χ2n) is 9.54. The SMILES string of the molecule is COc1cc2ncnc(Nc3ccc4c(c3)CCN4C(=O)OC(C)(C)C)c2cc1C1CNC1. The van der Waals surface area contributed by atoms with Crippen molar-refractivity contribution in [3.8, 4) is 5.75 Å². The van der Waals surface area contributed by atoms with Crippen LogP contribution in [0.1, 0.15) is 37.8 Å². The van der Waals surface area contributed by atoms with E-state index in [1.807, 2.05) is 39.0 Å². The van der Waals surface area contributed by atoms with Gasteiger partial charge < -0.3 is 20.1 Å². The summed E-state index contributed by atoms with van der Waals surface area (Å²) in [5.41, 5.74) is 4.40. The van der Waals surface area contributed by atoms with Gasteiger partial charge in [-0.1, -0.05) is 0 Å². The summed E-state index contributed by atoms with van der Waals surface area (Å²) >= 11 is 0. The van der Waals surface area contributed by atoms with E-state index in [4.69, 9.17) is 9.47 Å². The van der Waals surface area contributed by atoms with Gasteiger partial charge in [0.25, 0.3) is 0 Å². The van der Waals surface area contributed by atoms with Crippen LogP contribution < -0.4 is 20.3 Å². The number of rotatable bonds is 4. The van der Waals surface area contributed by atoms with Crippen LogP contribution in [0.25, 0.3) is 10.9 Å². The topological polar surface area (TPSA) is 88.6 Å². The zero-order valence-electron chi connectivity index (χ0n) is 19.4. The van der Waals surface area contributed by atoms with Crippen molar-refractivity contribution < 1.29 is 14.3 Å². The highest BCUT2D eigenvalue weighted by molar-refractivity contribution is 5.94. The summed E-state index contributed by atoms with van der Waals surface area (Å²) in [5.74, 6) is 2.03. The Morgan fingerprint density at radius 2 is 2.00 bits per heavy atom. The van der Waals surface area contributed by atoms with Gasteiger partial charge in [-0.2, -0.15) is 0 Å². The number of hydrogen-bond acceptors (Lipinski definition) is 7. The van der Waals surface area contributed by atoms with Gasteiger partial charge in [0.1, 0.15) is 23.5 Å². The molecule has 1 saturated heterocycles. The molecule has 0 atom stereocenters. The van der Waals surface area contributed by atoms with Gasteiger partial charge in [-0.3, -0.25) is 4.90 Å². The van der Waals surface area contributed by atoms with Gasteiger partial charge in [0.2, 0.25) is 0 Å². The zero-order chi connectivity index (χ0) is 23.2. The molecule has 0 radical (unpaired) electrons. The van der Waals surface area contributed by atoms with Gasteiger partial charge in [-0.05, 0) is 57.0 Å². The first-order valence-corrected chi connectivity index (χ1v) is 11.3. The Bertz CT molecular complexity index is 1220. The molecule has 3 heterocycles. The average molecular weight is 448 g/mol. The molecule has 5 rings (SSSR count). The molecule has 2 aliphatic rings. The third-order valence-electron chi connectivity index (χ3n) is 6.06. The predicted octanol–water partition coefficient (Wildman–Crippen LogP) is 4.37. The van der Waals surface area contributed by atoms with Crippen molar-refractivity contribution in [3.63, 3.8) is 0 Å². The van der Waals surface area contributed by atoms with Gasteiger partial charge in [0.05, 0.1) is 18.3 Å². The number of fused-ring (bicyclic) bond motifs is 2. The maximum Gasteiger partial charge on any atom is 0.414 e. The molecule has 0 aliphatic carbocycles. The van der Waals surface area contributed by atoms with E-state index in [0.717, 1.165) is 58.9 Å². The van der Waals surface area contributed by atoms with Crippen LogP contribution in [0, 0.1) is 0 Å². The number of nitrogens with one attached hydrogen (secondary N) is 2. The van der Waals surface area contributed by atoms with E-state index < -0.39 is 5.60 Å². The molecule has 3 aromatic rings. The van der Waals surface area contributed by atoms with Crippen molar-refractivity contribution >= 4 is 34.2 Å². The monoisotopic (exact) mass is 447 g/mol. The first-order chi connectivity index (χ1) is 15.8. The number of ether oxygens (including phenoxy) is 2. The van der Waals surface area contributed by atoms with E-state index in [0.29, 0.717) is 12.5 Å². The standard InChI is InChI=1S/C25H29N5O3/c1-25(2,3)33-24(31)30-8-7-15-9-17(5-6-21(15)30)29-23-19-10-18(16-12-26-13-16)22(32-4)11-20(19)27-14-28-23/h5-6,9-11,14,16,26H,7-8,12-13H2,1-4H3,(H,27,28,29). The largest absolute Gasteiger partial charge is 0.496 e. The highest BCUT2D eigenvalue weighted by atomic mass is 16.6. The maximum atomic E-state index is 12.6. The minimum atomic E-state index is -0.521. The molecule has 8 nitrogen and oxygen atoms in total. The first-order valence-electron chi connectivity index (χ1n) is 11.3. The molecular weight excluding hydrogens is 418 g/mol. The second-order valence-corrected chi connectivity index (χ2v) is 9.54. The molecule has 2 aliphatic heterocycles. The fourth-order valence-electron chi connectivity index (χ4n) is 4.33. The minimum Gasteiger partial charge on any atom is -0.496 e. The molecule has 0 spiro atoms. The summed E-state index contributed by atoms with van der Waals surface area (Å²) in [5, 5.41) is 7.73. The molecular formula is C25H29N5O3. The van der Waals surface area contributed by atoms with Crippen molar-refractivity contribution in [1.82, 2.24) is 15.3 Å². The summed E-state index contributed by atoms with van der Waals surface area (Å²) in [6.07, 6.45) is 2.03. The Balaban J connectivity index is 1.43. The van der Waals surface area contributed by atoms with Crippen molar-refractivity contribution in [1.29, 1.82) is 0 Å². The lowest BCUT2D eigenvalue weighted by Gasteiger charge is -2.29. The molecule has 33 heavy (non-hydrogen) atoms. The van der Waals surface area contributed by atoms with Crippen LogP contribution in [-0.2, 0) is 11.2 Å². The second kappa shape index (κ2) is 8.19. The van der Waals surface area contributed by atoms with Crippen LogP contribution in [0.15, 0.2) is 36.7 Å². The normalized spacial score (nSPS) is 15.8. The van der Waals surface area contributed by atoms with E-state index in [-0.39, 0.29) is 6.09 Å². The molecule has 1 fully saturated rings. The Kier molecular flexibility index (Phi) is 5.32. The molecule has 0 saturated carbocycles. The van der Waals surface area contributed by atoms with Gasteiger partial charge in [-0.25, -0.2) is 14.8 Å². The quantitative estimate of drug-likeness (QED) is 0.614. The molecule has 2 aromatic carbocycles. The number of aromatic nitrogens is 2. The molecule has 172 valence electrons. The van der Waals surface area contributed by atoms with E-state index >= 15 is 0 Å². The number of carbonyl (C=O) groups is 1. The maximum absolute atomic E-state index is 12.6. The molecule has 1 aromatic heterocycles. The van der Waals surface area contributed by atoms with Crippen LogP contribution in [0.5, 0.6) is 5.75 Å². The van der Waals surface area contributed by atoms with Gasteiger partial charge >= 0.3 is 6.09 Å². The Labute approximate surface area is 193 Å². The molecule has 2 N–H and O–H groups in total. The lowest BCUT2D eigenvalue weighted by Crippen LogP contribution is -2.40. The van der Waals surface area contributed by atoms with E-state index in [1.165, 1.54) is 5.56 Å². The number of anilines is 3. The smallest absolute Gasteiger partial charge is 0.414 e. The summed E-state index contributed by atoms with van der Waals surface area (Å²) in [6, 6.07) is 10.1. The fourth-order valence-corrected chi connectivity index (χ4v) is 4.33. The highest BCUT2D eigenvalue weighted by Crippen LogP contribution is 2.36. The van der Waals surface area contributed by atoms with Crippen LogP contribution in [0.3, 0.4) is 0 Å². The van der Waals surface area contributed by atoms with Crippen molar-refractivity contribution in [2.24, 2.45) is 0 Å². The minimum absolute atomic E-state index is 0.310. The van der Waals surface area contributed by atoms with Crippen molar-refractivity contribution in [3.05, 3.63) is 47.8 Å². The van der Waals surface area contributed by atoms with Crippen LogP contribution in [-0.4, -0.2) is 48.4 Å². The van der Waals surface area contributed by atoms with Crippen LogP contribution in [0.2, 0.25) is 0 Å². The van der Waals surface area contributed by atoms with Gasteiger partial charge in [0.15, 0.2) is 0 Å². The summed E-state index contributed by atoms with van der Waals surface area (Å²) < 4.78 is 11.2. The molecule has 0 unspecified atom stereocenters. The third-order valence-corrected chi connectivity index (χ3v) is 6.06. The molecule has 0 bridgehead atoms. The lowest BCUT2D eigenvalue weighted by molar-refractivity contribution is 0.0584. The van der Waals surface area contributed by atoms with Crippen LogP contribution in [0.4, 0.5) is 22.0 Å². The Hall–Kier alpha value is -3.39. The average Bonchev–Trinajstić information content (AvgIpc) is 3.15.